The Morgan fingerprint density at radius 3 is 2.52 bits per heavy atom. The van der Waals surface area contributed by atoms with Gasteiger partial charge in [-0.1, -0.05) is 13.8 Å². The van der Waals surface area contributed by atoms with Crippen molar-refractivity contribution in [1.29, 1.82) is 0 Å². The van der Waals surface area contributed by atoms with E-state index in [1.165, 1.54) is 12.1 Å². The summed E-state index contributed by atoms with van der Waals surface area (Å²) in [6.07, 6.45) is -2.86. The van der Waals surface area contributed by atoms with Gasteiger partial charge in [-0.3, -0.25) is 0 Å². The molecule has 1 atom stereocenters. The molecule has 1 N–H and O–H groups in total. The molecule has 0 unspecified atom stereocenters. The number of piperazine rings is 1. The van der Waals surface area contributed by atoms with Gasteiger partial charge in [0.15, 0.2) is 15.5 Å². The lowest BCUT2D eigenvalue weighted by Gasteiger charge is -2.44. The number of benzene rings is 1. The molecule has 182 valence electrons. The number of aliphatic hydroxyl groups is 1. The first kappa shape index (κ1) is 25.2. The minimum atomic E-state index is -4.69. The quantitative estimate of drug-likeness (QED) is 0.623. The molecule has 0 amide bonds. The first-order valence-corrected chi connectivity index (χ1v) is 12.3. The zero-order chi connectivity index (χ0) is 24.6. The Labute approximate surface area is 190 Å². The monoisotopic (exact) mass is 490 g/mol. The number of alkyl halides is 3. The van der Waals surface area contributed by atoms with Gasteiger partial charge in [0.2, 0.25) is 5.95 Å². The van der Waals surface area contributed by atoms with E-state index in [-0.39, 0.29) is 36.4 Å². The second-order valence-electron chi connectivity index (χ2n) is 8.35. The Balaban J connectivity index is 1.93. The average molecular weight is 491 g/mol. The number of nitrogens with zero attached hydrogens (tertiary/aromatic N) is 4. The summed E-state index contributed by atoms with van der Waals surface area (Å²) in [5, 5.41) is 9.07. The van der Waals surface area contributed by atoms with Crippen LogP contribution in [0.25, 0.3) is 0 Å². The van der Waals surface area contributed by atoms with Gasteiger partial charge < -0.3 is 14.9 Å². The molecule has 0 radical (unpaired) electrons. The standard InChI is InChI=1S/C21H26F4N4O3S/c1-13(2)17-12-28(15-4-5-16(22)18(10-15)33(3,31)32)7-8-29(17)20-26-11-14(6-9-30)19(27-20)21(23,24)25/h4-5,10-11,13,17,30H,6-9,12H2,1-3H3/t17-/m0/s1. The van der Waals surface area contributed by atoms with Crippen LogP contribution in [0.4, 0.5) is 29.2 Å². The molecular formula is C21H26F4N4O3S. The molecule has 1 aromatic carbocycles. The maximum atomic E-state index is 14.0. The van der Waals surface area contributed by atoms with Crippen LogP contribution in [0.3, 0.4) is 0 Å². The number of anilines is 2. The molecule has 1 aliphatic heterocycles. The lowest BCUT2D eigenvalue weighted by molar-refractivity contribution is -0.141. The van der Waals surface area contributed by atoms with Gasteiger partial charge in [-0.2, -0.15) is 13.2 Å². The largest absolute Gasteiger partial charge is 0.433 e. The Morgan fingerprint density at radius 2 is 1.94 bits per heavy atom. The van der Waals surface area contributed by atoms with Crippen molar-refractivity contribution in [2.75, 3.05) is 42.3 Å². The highest BCUT2D eigenvalue weighted by molar-refractivity contribution is 7.90. The van der Waals surface area contributed by atoms with Crippen LogP contribution < -0.4 is 9.80 Å². The lowest BCUT2D eigenvalue weighted by Crippen LogP contribution is -2.56. The molecule has 0 aliphatic carbocycles. The van der Waals surface area contributed by atoms with Crippen molar-refractivity contribution in [3.63, 3.8) is 0 Å². The molecule has 2 aromatic rings. The Hall–Kier alpha value is -2.47. The van der Waals surface area contributed by atoms with Gasteiger partial charge in [0.25, 0.3) is 0 Å². The molecule has 12 heteroatoms. The second kappa shape index (κ2) is 9.41. The highest BCUT2D eigenvalue weighted by Crippen LogP contribution is 2.33. The van der Waals surface area contributed by atoms with E-state index in [2.05, 4.69) is 9.97 Å². The van der Waals surface area contributed by atoms with Crippen LogP contribution in [0.5, 0.6) is 0 Å². The van der Waals surface area contributed by atoms with Gasteiger partial charge in [-0.25, -0.2) is 22.8 Å². The molecule has 33 heavy (non-hydrogen) atoms. The number of halogens is 4. The Morgan fingerprint density at radius 1 is 1.24 bits per heavy atom. The van der Waals surface area contributed by atoms with Gasteiger partial charge in [0, 0.05) is 49.9 Å². The fraction of sp³-hybridized carbons (Fsp3) is 0.524. The van der Waals surface area contributed by atoms with Gasteiger partial charge in [-0.15, -0.1) is 0 Å². The van der Waals surface area contributed by atoms with Crippen LogP contribution in [-0.4, -0.2) is 62.0 Å². The average Bonchev–Trinajstić information content (AvgIpc) is 2.72. The van der Waals surface area contributed by atoms with Crippen molar-refractivity contribution in [1.82, 2.24) is 9.97 Å². The van der Waals surface area contributed by atoms with Crippen molar-refractivity contribution in [3.8, 4) is 0 Å². The number of hydrogen-bond acceptors (Lipinski definition) is 7. The molecule has 1 fully saturated rings. The van der Waals surface area contributed by atoms with Crippen molar-refractivity contribution >= 4 is 21.5 Å². The zero-order valence-corrected chi connectivity index (χ0v) is 19.3. The summed E-state index contributed by atoms with van der Waals surface area (Å²) < 4.78 is 78.4. The van der Waals surface area contributed by atoms with Crippen molar-refractivity contribution in [2.45, 2.75) is 37.4 Å². The highest BCUT2D eigenvalue weighted by Gasteiger charge is 2.38. The number of rotatable bonds is 6. The minimum Gasteiger partial charge on any atom is -0.396 e. The maximum absolute atomic E-state index is 14.0. The van der Waals surface area contributed by atoms with Crippen LogP contribution in [0.2, 0.25) is 0 Å². The van der Waals surface area contributed by atoms with Crippen LogP contribution in [-0.2, 0) is 22.4 Å². The third-order valence-electron chi connectivity index (χ3n) is 5.63. The minimum absolute atomic E-state index is 0.00215. The lowest BCUT2D eigenvalue weighted by atomic mass is 9.99. The maximum Gasteiger partial charge on any atom is 0.433 e. The molecule has 7 nitrogen and oxygen atoms in total. The number of aliphatic hydroxyl groups excluding tert-OH is 1. The van der Waals surface area contributed by atoms with E-state index in [0.717, 1.165) is 18.5 Å². The summed E-state index contributed by atoms with van der Waals surface area (Å²) in [5.74, 6) is -0.896. The fourth-order valence-electron chi connectivity index (χ4n) is 3.92. The van der Waals surface area contributed by atoms with Gasteiger partial charge in [-0.05, 0) is 30.5 Å². The predicted octanol–water partition coefficient (Wildman–Crippen LogP) is 2.92. The van der Waals surface area contributed by atoms with E-state index >= 15 is 0 Å². The first-order valence-electron chi connectivity index (χ1n) is 10.4. The van der Waals surface area contributed by atoms with Crippen molar-refractivity contribution in [2.24, 2.45) is 5.92 Å². The first-order chi connectivity index (χ1) is 15.3. The second-order valence-corrected chi connectivity index (χ2v) is 10.3. The van der Waals surface area contributed by atoms with Gasteiger partial charge in [0.1, 0.15) is 10.7 Å². The number of sulfone groups is 1. The number of hydrogen-bond donors (Lipinski definition) is 1. The highest BCUT2D eigenvalue weighted by atomic mass is 32.2. The molecule has 1 aliphatic rings. The summed E-state index contributed by atoms with van der Waals surface area (Å²) in [4.78, 5) is 11.1. The van der Waals surface area contributed by atoms with E-state index in [9.17, 15) is 26.0 Å². The predicted molar refractivity (Wildman–Crippen MR) is 116 cm³/mol. The van der Waals surface area contributed by atoms with E-state index < -0.39 is 39.0 Å². The van der Waals surface area contributed by atoms with Crippen molar-refractivity contribution in [3.05, 3.63) is 41.5 Å². The van der Waals surface area contributed by atoms with Gasteiger partial charge >= 0.3 is 6.18 Å². The van der Waals surface area contributed by atoms with E-state index in [1.54, 1.807) is 4.90 Å². The van der Waals surface area contributed by atoms with Crippen LogP contribution in [0.15, 0.2) is 29.3 Å². The molecule has 1 aromatic heterocycles. The summed E-state index contributed by atoms with van der Waals surface area (Å²) >= 11 is 0. The zero-order valence-electron chi connectivity index (χ0n) is 18.5. The Kier molecular flexibility index (Phi) is 7.18. The van der Waals surface area contributed by atoms with E-state index in [4.69, 9.17) is 5.11 Å². The van der Waals surface area contributed by atoms with Crippen LogP contribution >= 0.6 is 0 Å². The van der Waals surface area contributed by atoms with Crippen LogP contribution in [0, 0.1) is 11.7 Å². The molecule has 0 bridgehead atoms. The van der Waals surface area contributed by atoms with Crippen LogP contribution in [0.1, 0.15) is 25.1 Å². The molecule has 2 heterocycles. The SMILES string of the molecule is CC(C)[C@@H]1CN(c2ccc(F)c(S(C)(=O)=O)c2)CCN1c1ncc(CCO)c(C(F)(F)F)n1. The molecular weight excluding hydrogens is 464 g/mol. The topological polar surface area (TPSA) is 86.6 Å². The molecule has 0 saturated carbocycles. The third-order valence-corrected chi connectivity index (χ3v) is 6.74. The van der Waals surface area contributed by atoms with E-state index in [0.29, 0.717) is 18.8 Å². The van der Waals surface area contributed by atoms with Gasteiger partial charge in [0.05, 0.1) is 6.04 Å². The summed E-state index contributed by atoms with van der Waals surface area (Å²) in [6, 6.07) is 3.58. The fourth-order valence-corrected chi connectivity index (χ4v) is 4.68. The molecule has 1 saturated heterocycles. The summed E-state index contributed by atoms with van der Waals surface area (Å²) in [5.41, 5.74) is -0.728. The molecule has 0 spiro atoms. The normalized spacial score (nSPS) is 17.7. The Bertz CT molecular complexity index is 1110. The van der Waals surface area contributed by atoms with Crippen molar-refractivity contribution < 1.29 is 31.1 Å². The summed E-state index contributed by atoms with van der Waals surface area (Å²) in [6.45, 7) is 4.37. The smallest absolute Gasteiger partial charge is 0.396 e. The number of aromatic nitrogens is 2. The third kappa shape index (κ3) is 5.55. The molecule has 3 rings (SSSR count). The summed E-state index contributed by atoms with van der Waals surface area (Å²) in [7, 11) is -3.76. The van der Waals surface area contributed by atoms with E-state index in [1.807, 2.05) is 18.7 Å².